The van der Waals surface area contributed by atoms with Crippen LogP contribution in [0.3, 0.4) is 0 Å². The first-order chi connectivity index (χ1) is 21.0. The quantitative estimate of drug-likeness (QED) is 0.195. The Kier molecular flexibility index (Phi) is 6.79. The van der Waals surface area contributed by atoms with Gasteiger partial charge in [0.05, 0.1) is 5.71 Å². The fraction of sp³-hybridized carbons (Fsp3) is 0.125. The molecule has 0 heterocycles. The van der Waals surface area contributed by atoms with E-state index in [0.29, 0.717) is 11.6 Å². The van der Waals surface area contributed by atoms with E-state index in [0.717, 1.165) is 40.3 Å². The summed E-state index contributed by atoms with van der Waals surface area (Å²) in [6.07, 6.45) is 5.82. The SMILES string of the molecule is CC1(C)c2ccccc2C2=CC(N(c3ccccc3)c3cccc(Nc4ccccc4C(=N)c4ccccc4)c3)=CCC21. The van der Waals surface area contributed by atoms with Crippen molar-refractivity contribution in [2.75, 3.05) is 10.2 Å². The lowest BCUT2D eigenvalue weighted by atomic mass is 9.74. The fourth-order valence-corrected chi connectivity index (χ4v) is 6.75. The lowest BCUT2D eigenvalue weighted by Gasteiger charge is -2.33. The number of nitrogens with zero attached hydrogens (tertiary/aromatic N) is 1. The lowest BCUT2D eigenvalue weighted by Crippen LogP contribution is -2.26. The van der Waals surface area contributed by atoms with E-state index in [2.05, 4.69) is 115 Å². The molecule has 43 heavy (non-hydrogen) atoms. The lowest BCUT2D eigenvalue weighted by molar-refractivity contribution is 0.413. The summed E-state index contributed by atoms with van der Waals surface area (Å²) in [5, 5.41) is 12.5. The van der Waals surface area contributed by atoms with Gasteiger partial charge in [0.2, 0.25) is 0 Å². The van der Waals surface area contributed by atoms with Crippen LogP contribution in [0.5, 0.6) is 0 Å². The number of para-hydroxylation sites is 2. The normalized spacial score (nSPS) is 16.4. The van der Waals surface area contributed by atoms with E-state index in [4.69, 9.17) is 5.41 Å². The molecule has 2 aliphatic rings. The molecule has 0 saturated heterocycles. The van der Waals surface area contributed by atoms with Gasteiger partial charge in [0.15, 0.2) is 0 Å². The summed E-state index contributed by atoms with van der Waals surface area (Å²) in [6, 6.07) is 46.1. The highest BCUT2D eigenvalue weighted by molar-refractivity contribution is 6.14. The zero-order valence-electron chi connectivity index (χ0n) is 24.6. The molecule has 1 atom stereocenters. The average molecular weight is 558 g/mol. The van der Waals surface area contributed by atoms with Crippen molar-refractivity contribution in [3.8, 4) is 0 Å². The first-order valence-electron chi connectivity index (χ1n) is 15.0. The highest BCUT2D eigenvalue weighted by atomic mass is 15.1. The number of benzene rings is 5. The molecular formula is C40H35N3. The van der Waals surface area contributed by atoms with Crippen molar-refractivity contribution in [2.24, 2.45) is 5.92 Å². The standard InChI is InChI=1S/C40H35N3/c1-40(2)36-22-11-9-20-33(36)35-27-32(24-25-37(35)40)43(30-17-7-4-8-18-30)31-19-13-16-29(26-31)42-38-23-12-10-21-34(38)39(41)28-14-5-3-6-15-28/h3-24,26-27,37,41-42H,25H2,1-2H3. The molecule has 5 aromatic carbocycles. The summed E-state index contributed by atoms with van der Waals surface area (Å²) in [6.45, 7) is 4.77. The van der Waals surface area contributed by atoms with Crippen LogP contribution in [0.1, 0.15) is 42.5 Å². The largest absolute Gasteiger partial charge is 0.355 e. The van der Waals surface area contributed by atoms with E-state index >= 15 is 0 Å². The van der Waals surface area contributed by atoms with Gasteiger partial charge in [-0.2, -0.15) is 0 Å². The fourth-order valence-electron chi connectivity index (χ4n) is 6.75. The molecule has 0 amide bonds. The molecule has 5 aromatic rings. The van der Waals surface area contributed by atoms with E-state index in [-0.39, 0.29) is 5.41 Å². The Morgan fingerprint density at radius 1 is 0.744 bits per heavy atom. The Bertz CT molecular complexity index is 1860. The number of hydrogen-bond donors (Lipinski definition) is 2. The van der Waals surface area contributed by atoms with Crippen molar-refractivity contribution in [3.63, 3.8) is 0 Å². The van der Waals surface area contributed by atoms with Gasteiger partial charge in [0.1, 0.15) is 0 Å². The summed E-state index contributed by atoms with van der Waals surface area (Å²) in [5.74, 6) is 0.468. The molecule has 0 spiro atoms. The van der Waals surface area contributed by atoms with Gasteiger partial charge in [-0.1, -0.05) is 117 Å². The van der Waals surface area contributed by atoms with Gasteiger partial charge in [-0.25, -0.2) is 0 Å². The van der Waals surface area contributed by atoms with Crippen LogP contribution in [0.2, 0.25) is 0 Å². The third kappa shape index (κ3) is 4.87. The molecule has 2 aliphatic carbocycles. The molecule has 7 rings (SSSR count). The van der Waals surface area contributed by atoms with E-state index in [1.54, 1.807) is 0 Å². The monoisotopic (exact) mass is 557 g/mol. The van der Waals surface area contributed by atoms with Crippen molar-refractivity contribution >= 4 is 34.0 Å². The van der Waals surface area contributed by atoms with Crippen molar-refractivity contribution in [2.45, 2.75) is 25.7 Å². The van der Waals surface area contributed by atoms with E-state index < -0.39 is 0 Å². The topological polar surface area (TPSA) is 39.1 Å². The zero-order valence-corrected chi connectivity index (χ0v) is 24.6. The number of hydrogen-bond acceptors (Lipinski definition) is 3. The Morgan fingerprint density at radius 3 is 2.23 bits per heavy atom. The van der Waals surface area contributed by atoms with Gasteiger partial charge in [-0.3, -0.25) is 5.41 Å². The summed E-state index contributed by atoms with van der Waals surface area (Å²) in [4.78, 5) is 2.36. The van der Waals surface area contributed by atoms with Gasteiger partial charge in [0.25, 0.3) is 0 Å². The van der Waals surface area contributed by atoms with Crippen LogP contribution in [0, 0.1) is 11.3 Å². The molecule has 1 unspecified atom stereocenters. The van der Waals surface area contributed by atoms with Crippen LogP contribution < -0.4 is 10.2 Å². The Hall–Kier alpha value is -5.15. The Balaban J connectivity index is 1.26. The molecule has 0 saturated carbocycles. The van der Waals surface area contributed by atoms with E-state index in [1.165, 1.54) is 22.4 Å². The van der Waals surface area contributed by atoms with E-state index in [1.807, 2.05) is 54.6 Å². The first-order valence-corrected chi connectivity index (χ1v) is 15.0. The predicted octanol–water partition coefficient (Wildman–Crippen LogP) is 10.3. The maximum absolute atomic E-state index is 8.91. The summed E-state index contributed by atoms with van der Waals surface area (Å²) in [5.41, 5.74) is 11.9. The Labute approximate surface area is 254 Å². The van der Waals surface area contributed by atoms with Gasteiger partial charge >= 0.3 is 0 Å². The maximum Gasteiger partial charge on any atom is 0.0705 e. The molecule has 2 N–H and O–H groups in total. The molecule has 210 valence electrons. The molecule has 3 nitrogen and oxygen atoms in total. The van der Waals surface area contributed by atoms with Crippen molar-refractivity contribution in [3.05, 3.63) is 174 Å². The molecule has 0 fully saturated rings. The van der Waals surface area contributed by atoms with Crippen molar-refractivity contribution < 1.29 is 0 Å². The van der Waals surface area contributed by atoms with Gasteiger partial charge in [-0.15, -0.1) is 0 Å². The highest BCUT2D eigenvalue weighted by Gasteiger charge is 2.43. The molecule has 0 aromatic heterocycles. The van der Waals surface area contributed by atoms with Gasteiger partial charge in [0, 0.05) is 39.6 Å². The minimum atomic E-state index is 0.104. The number of rotatable bonds is 7. The minimum absolute atomic E-state index is 0.104. The first kappa shape index (κ1) is 26.7. The number of allylic oxidation sites excluding steroid dienone is 3. The average Bonchev–Trinajstić information content (AvgIpc) is 3.28. The van der Waals surface area contributed by atoms with Crippen molar-refractivity contribution in [1.29, 1.82) is 5.41 Å². The third-order valence-corrected chi connectivity index (χ3v) is 8.96. The third-order valence-electron chi connectivity index (χ3n) is 8.96. The summed E-state index contributed by atoms with van der Waals surface area (Å²) >= 11 is 0. The Morgan fingerprint density at radius 2 is 1.42 bits per heavy atom. The summed E-state index contributed by atoms with van der Waals surface area (Å²) in [7, 11) is 0. The second kappa shape index (κ2) is 10.9. The molecule has 3 heteroatoms. The second-order valence-electron chi connectivity index (χ2n) is 11.9. The molecule has 0 bridgehead atoms. The van der Waals surface area contributed by atoms with Crippen LogP contribution in [-0.4, -0.2) is 5.71 Å². The number of anilines is 4. The summed E-state index contributed by atoms with van der Waals surface area (Å²) < 4.78 is 0. The zero-order chi connectivity index (χ0) is 29.4. The molecular weight excluding hydrogens is 522 g/mol. The van der Waals surface area contributed by atoms with Crippen molar-refractivity contribution in [1.82, 2.24) is 0 Å². The highest BCUT2D eigenvalue weighted by Crippen LogP contribution is 2.54. The minimum Gasteiger partial charge on any atom is -0.355 e. The van der Waals surface area contributed by atoms with Crippen LogP contribution in [0.15, 0.2) is 151 Å². The van der Waals surface area contributed by atoms with E-state index in [9.17, 15) is 0 Å². The second-order valence-corrected chi connectivity index (χ2v) is 11.9. The van der Waals surface area contributed by atoms with Crippen LogP contribution >= 0.6 is 0 Å². The van der Waals surface area contributed by atoms with Crippen LogP contribution in [0.4, 0.5) is 22.7 Å². The maximum atomic E-state index is 8.91. The van der Waals surface area contributed by atoms with Crippen LogP contribution in [0.25, 0.3) is 5.57 Å². The molecule has 0 radical (unpaired) electrons. The predicted molar refractivity (Wildman–Crippen MR) is 181 cm³/mol. The smallest absolute Gasteiger partial charge is 0.0705 e. The number of fused-ring (bicyclic) bond motifs is 3. The number of nitrogens with one attached hydrogen (secondary N) is 2. The molecule has 0 aliphatic heterocycles. The van der Waals surface area contributed by atoms with Gasteiger partial charge < -0.3 is 10.2 Å². The van der Waals surface area contributed by atoms with Crippen LogP contribution in [-0.2, 0) is 5.41 Å². The van der Waals surface area contributed by atoms with Gasteiger partial charge in [-0.05, 0) is 76.9 Å².